The van der Waals surface area contributed by atoms with Gasteiger partial charge in [-0.3, -0.25) is 15.2 Å². The number of halogens is 5. The number of carbonyl (C=O) groups excluding carboxylic acids is 4. The molecule has 0 atom stereocenters. The molecule has 0 unspecified atom stereocenters. The van der Waals surface area contributed by atoms with Crippen molar-refractivity contribution in [3.63, 3.8) is 0 Å². The van der Waals surface area contributed by atoms with Gasteiger partial charge in [0.1, 0.15) is 40.6 Å². The maximum absolute atomic E-state index is 16.1. The number of aromatic nitrogens is 3. The summed E-state index contributed by atoms with van der Waals surface area (Å²) in [5, 5.41) is 12.8. The summed E-state index contributed by atoms with van der Waals surface area (Å²) in [5.41, 5.74) is -1.95. The van der Waals surface area contributed by atoms with Gasteiger partial charge in [-0.15, -0.1) is 20.2 Å². The summed E-state index contributed by atoms with van der Waals surface area (Å²) in [6.45, 7) is 18.9. The van der Waals surface area contributed by atoms with E-state index in [9.17, 15) is 32.3 Å². The summed E-state index contributed by atoms with van der Waals surface area (Å²) in [7, 11) is 0. The zero-order valence-corrected chi connectivity index (χ0v) is 41.4. The van der Waals surface area contributed by atoms with E-state index in [0.717, 1.165) is 12.1 Å². The van der Waals surface area contributed by atoms with Crippen molar-refractivity contribution in [3.8, 4) is 22.8 Å². The van der Waals surface area contributed by atoms with Crippen LogP contribution in [0.5, 0.6) is 0 Å². The van der Waals surface area contributed by atoms with E-state index < -0.39 is 82.8 Å². The smallest absolute Gasteiger partial charge is 0.437 e. The number of carbonyl (C=O) groups is 4. The Balaban J connectivity index is 1.38. The molecule has 17 nitrogen and oxygen atoms in total. The molecule has 0 fully saturated rings. The minimum atomic E-state index is -4.84. The van der Waals surface area contributed by atoms with Crippen molar-refractivity contribution in [2.75, 3.05) is 26.2 Å². The predicted molar refractivity (Wildman–Crippen MR) is 251 cm³/mol. The Morgan fingerprint density at radius 1 is 0.586 bits per heavy atom. The molecule has 22 heteroatoms. The van der Waals surface area contributed by atoms with Gasteiger partial charge in [-0.2, -0.15) is 13.2 Å². The molecule has 2 aliphatic rings. The van der Waals surface area contributed by atoms with Crippen LogP contribution in [0, 0.1) is 11.6 Å². The molecule has 0 saturated carbocycles. The third-order valence-corrected chi connectivity index (χ3v) is 9.67. The number of ether oxygens (including phenoxy) is 4. The van der Waals surface area contributed by atoms with E-state index >= 15 is 8.78 Å². The number of nitrogens with zero attached hydrogens (tertiary/aromatic N) is 7. The van der Waals surface area contributed by atoms with Crippen LogP contribution < -0.4 is 10.6 Å². The molecule has 2 aliphatic heterocycles. The van der Waals surface area contributed by atoms with Gasteiger partial charge in [0.25, 0.3) is 0 Å². The van der Waals surface area contributed by atoms with Gasteiger partial charge in [0, 0.05) is 26.2 Å². The van der Waals surface area contributed by atoms with E-state index in [1.54, 1.807) is 105 Å². The fourth-order valence-electron chi connectivity index (χ4n) is 6.96. The Hall–Kier alpha value is -6.87. The Kier molecular flexibility index (Phi) is 16.2. The number of rotatable bonds is 5. The maximum atomic E-state index is 16.1. The Labute approximate surface area is 403 Å². The van der Waals surface area contributed by atoms with E-state index in [1.807, 2.05) is 0 Å². The van der Waals surface area contributed by atoms with E-state index in [1.165, 1.54) is 24.3 Å². The fraction of sp³-hybridized carbons (Fsp3) is 0.500. The lowest BCUT2D eigenvalue weighted by Gasteiger charge is -2.30. The molecule has 0 aliphatic carbocycles. The van der Waals surface area contributed by atoms with E-state index in [4.69, 9.17) is 18.9 Å². The topological polar surface area (TPSA) is 191 Å². The van der Waals surface area contributed by atoms with E-state index in [2.05, 4.69) is 30.8 Å². The van der Waals surface area contributed by atoms with Gasteiger partial charge >= 0.3 is 30.5 Å². The van der Waals surface area contributed by atoms with Crippen molar-refractivity contribution in [2.24, 2.45) is 9.98 Å². The quantitative estimate of drug-likeness (QED) is 0.107. The number of benzene rings is 2. The standard InChI is InChI=1S/C48H60F5N9O8/c1-44(2,3)67-40(63)54-38(55-41(64)68-45(4,5)6)60-21-17-28(18-22-60)30-13-15-32(34(49)25-30)36-58-59-37(62(36)27-48(51,52)53)33-16-14-31(26-35(33)50)29-19-23-61(24-20-29)39(56-42(65)69-46(7,8)9)57-43(66)70-47(10,11)12/h13-17,19,25-26H,18,20-24,27H2,1-12H3,(H,54,55,63,64)(H,56,57,65,66). The molecule has 70 heavy (non-hydrogen) atoms. The number of alkyl carbamates (subject to hydrolysis) is 2. The van der Waals surface area contributed by atoms with Crippen molar-refractivity contribution in [1.29, 1.82) is 0 Å². The van der Waals surface area contributed by atoms with Crippen molar-refractivity contribution >= 4 is 47.4 Å². The molecule has 0 spiro atoms. The summed E-state index contributed by atoms with van der Waals surface area (Å²) in [6, 6.07) is 7.84. The highest BCUT2D eigenvalue weighted by atomic mass is 19.4. The predicted octanol–water partition coefficient (Wildman–Crippen LogP) is 10.3. The normalized spacial score (nSPS) is 15.4. The molecule has 3 aromatic rings. The summed E-state index contributed by atoms with van der Waals surface area (Å²) in [5.74, 6) is -3.07. The first-order valence-corrected chi connectivity index (χ1v) is 22.3. The first-order valence-electron chi connectivity index (χ1n) is 22.3. The lowest BCUT2D eigenvalue weighted by molar-refractivity contribution is -0.140. The molecule has 0 saturated heterocycles. The fourth-order valence-corrected chi connectivity index (χ4v) is 6.96. The second kappa shape index (κ2) is 21.0. The summed E-state index contributed by atoms with van der Waals surface area (Å²) < 4.78 is 96.5. The number of aliphatic imine (C=N–C) groups is 2. The van der Waals surface area contributed by atoms with Gasteiger partial charge in [0.2, 0.25) is 11.9 Å². The molecule has 0 radical (unpaired) electrons. The highest BCUT2D eigenvalue weighted by Crippen LogP contribution is 2.35. The zero-order valence-electron chi connectivity index (χ0n) is 41.4. The number of alkyl halides is 3. The summed E-state index contributed by atoms with van der Waals surface area (Å²) in [6.07, 6.45) is -4.47. The van der Waals surface area contributed by atoms with Crippen LogP contribution in [0.25, 0.3) is 33.9 Å². The van der Waals surface area contributed by atoms with Crippen LogP contribution in [0.3, 0.4) is 0 Å². The third kappa shape index (κ3) is 16.1. The number of guanidine groups is 2. The van der Waals surface area contributed by atoms with Crippen LogP contribution in [0.4, 0.5) is 41.1 Å². The van der Waals surface area contributed by atoms with Crippen LogP contribution in [0.1, 0.15) is 107 Å². The van der Waals surface area contributed by atoms with Crippen molar-refractivity contribution in [2.45, 2.75) is 131 Å². The van der Waals surface area contributed by atoms with Crippen molar-refractivity contribution in [3.05, 3.63) is 71.3 Å². The molecule has 2 N–H and O–H groups in total. The molecular formula is C48H60F5N9O8. The van der Waals surface area contributed by atoms with Gasteiger partial charge in [-0.25, -0.2) is 28.0 Å². The van der Waals surface area contributed by atoms with Gasteiger partial charge in [0.15, 0.2) is 11.6 Å². The van der Waals surface area contributed by atoms with Gasteiger partial charge in [-0.1, -0.05) is 24.3 Å². The van der Waals surface area contributed by atoms with Crippen molar-refractivity contribution in [1.82, 2.24) is 35.2 Å². The van der Waals surface area contributed by atoms with Gasteiger partial charge < -0.3 is 28.7 Å². The highest BCUT2D eigenvalue weighted by molar-refractivity contribution is 6.00. The monoisotopic (exact) mass is 985 g/mol. The minimum Gasteiger partial charge on any atom is -0.444 e. The zero-order chi connectivity index (χ0) is 52.1. The van der Waals surface area contributed by atoms with Crippen molar-refractivity contribution < 1.29 is 60.1 Å². The minimum absolute atomic E-state index is 0.110. The molecule has 1 aromatic heterocycles. The van der Waals surface area contributed by atoms with Crippen LogP contribution in [-0.2, 0) is 25.5 Å². The van der Waals surface area contributed by atoms with Crippen LogP contribution in [-0.4, -0.2) is 116 Å². The number of nitrogens with one attached hydrogen (secondary N) is 2. The summed E-state index contributed by atoms with van der Waals surface area (Å²) in [4.78, 5) is 61.7. The molecular weight excluding hydrogens is 926 g/mol. The third-order valence-electron chi connectivity index (χ3n) is 9.67. The molecule has 0 bridgehead atoms. The van der Waals surface area contributed by atoms with Crippen LogP contribution in [0.2, 0.25) is 0 Å². The maximum Gasteiger partial charge on any atom is 0.437 e. The Bertz CT molecular complexity index is 2430. The number of hydrogen-bond acceptors (Lipinski definition) is 10. The molecule has 2 aromatic carbocycles. The van der Waals surface area contributed by atoms with Gasteiger partial charge in [-0.05, 0) is 142 Å². The second-order valence-corrected chi connectivity index (χ2v) is 20.4. The largest absolute Gasteiger partial charge is 0.444 e. The average Bonchev–Trinajstić information content (AvgIpc) is 3.58. The highest BCUT2D eigenvalue weighted by Gasteiger charge is 2.34. The first-order chi connectivity index (χ1) is 32.2. The molecule has 4 amide bonds. The van der Waals surface area contributed by atoms with Crippen LogP contribution >= 0.6 is 0 Å². The SMILES string of the molecule is CC(C)(C)OC(=O)/N=C(/NC(=O)OC(C)(C)C)N1CC=C(c2ccc(-c3nnc(-c4ccc(C5=CCN(/C(=N\C(=O)OC(C)(C)C)NC(=O)OC(C)(C)C)CC5)cc4F)n3CC(F)(F)F)c(F)c2)CC1. The van der Waals surface area contributed by atoms with Gasteiger partial charge in [0.05, 0.1) is 11.1 Å². The molecule has 5 rings (SSSR count). The number of amides is 4. The van der Waals surface area contributed by atoms with E-state index in [0.29, 0.717) is 26.8 Å². The Morgan fingerprint density at radius 2 is 0.943 bits per heavy atom. The lowest BCUT2D eigenvalue weighted by atomic mass is 9.97. The molecule has 3 heterocycles. The Morgan fingerprint density at radius 3 is 1.23 bits per heavy atom. The summed E-state index contributed by atoms with van der Waals surface area (Å²) >= 11 is 0. The lowest BCUT2D eigenvalue weighted by Crippen LogP contribution is -2.48. The second-order valence-electron chi connectivity index (χ2n) is 20.4. The van der Waals surface area contributed by atoms with E-state index in [-0.39, 0.29) is 62.1 Å². The average molecular weight is 986 g/mol. The number of hydrogen-bond donors (Lipinski definition) is 2. The van der Waals surface area contributed by atoms with Crippen LogP contribution in [0.15, 0.2) is 58.5 Å². The molecule has 380 valence electrons. The first kappa shape index (κ1) is 54.1.